The second kappa shape index (κ2) is 4.86. The molecule has 0 amide bonds. The molecule has 2 aliphatic rings. The quantitative estimate of drug-likeness (QED) is 0.683. The van der Waals surface area contributed by atoms with E-state index >= 15 is 0 Å². The molecule has 0 N–H and O–H groups in total. The maximum Gasteiger partial charge on any atom is 0.0528 e. The summed E-state index contributed by atoms with van der Waals surface area (Å²) in [5, 5.41) is 0. The van der Waals surface area contributed by atoms with Crippen molar-refractivity contribution in [2.45, 2.75) is 58.8 Å². The largest absolute Gasteiger partial charge is 0.381 e. The van der Waals surface area contributed by atoms with Crippen LogP contribution in [0.25, 0.3) is 0 Å². The second-order valence-corrected chi connectivity index (χ2v) is 5.54. The highest BCUT2D eigenvalue weighted by Crippen LogP contribution is 2.50. The van der Waals surface area contributed by atoms with E-state index in [9.17, 15) is 0 Å². The van der Waals surface area contributed by atoms with Gasteiger partial charge in [0.15, 0.2) is 0 Å². The third kappa shape index (κ3) is 1.95. The third-order valence-electron chi connectivity index (χ3n) is 5.07. The monoisotopic (exact) mass is 210 g/mol. The van der Waals surface area contributed by atoms with E-state index < -0.39 is 0 Å². The van der Waals surface area contributed by atoms with Crippen molar-refractivity contribution < 1.29 is 4.74 Å². The Balaban J connectivity index is 2.11. The number of rotatable bonds is 3. The Bertz CT molecular complexity index is 196. The van der Waals surface area contributed by atoms with Crippen LogP contribution in [0.5, 0.6) is 0 Å². The van der Waals surface area contributed by atoms with E-state index in [2.05, 4.69) is 13.8 Å². The SMILES string of the molecule is CCC1COCC1(CC)C1CCCCC1. The highest BCUT2D eigenvalue weighted by Gasteiger charge is 2.47. The Labute approximate surface area is 94.6 Å². The lowest BCUT2D eigenvalue weighted by Gasteiger charge is -2.42. The fourth-order valence-corrected chi connectivity index (χ4v) is 4.01. The fourth-order valence-electron chi connectivity index (χ4n) is 4.01. The lowest BCUT2D eigenvalue weighted by molar-refractivity contribution is 0.0565. The highest BCUT2D eigenvalue weighted by atomic mass is 16.5. The Kier molecular flexibility index (Phi) is 3.71. The van der Waals surface area contributed by atoms with Gasteiger partial charge in [-0.1, -0.05) is 39.5 Å². The van der Waals surface area contributed by atoms with Crippen molar-refractivity contribution in [3.8, 4) is 0 Å². The molecule has 1 heterocycles. The van der Waals surface area contributed by atoms with Gasteiger partial charge in [-0.2, -0.15) is 0 Å². The van der Waals surface area contributed by atoms with Gasteiger partial charge in [0.05, 0.1) is 13.2 Å². The number of hydrogen-bond acceptors (Lipinski definition) is 1. The molecule has 0 radical (unpaired) electrons. The first-order valence-electron chi connectivity index (χ1n) is 6.91. The van der Waals surface area contributed by atoms with Crippen molar-refractivity contribution in [2.75, 3.05) is 13.2 Å². The van der Waals surface area contributed by atoms with Crippen LogP contribution in [0.2, 0.25) is 0 Å². The van der Waals surface area contributed by atoms with Crippen molar-refractivity contribution in [2.24, 2.45) is 17.3 Å². The topological polar surface area (TPSA) is 9.23 Å². The summed E-state index contributed by atoms with van der Waals surface area (Å²) >= 11 is 0. The van der Waals surface area contributed by atoms with Crippen molar-refractivity contribution in [1.82, 2.24) is 0 Å². The average Bonchev–Trinajstić information content (AvgIpc) is 2.74. The minimum Gasteiger partial charge on any atom is -0.381 e. The predicted octanol–water partition coefficient (Wildman–Crippen LogP) is 4.02. The van der Waals surface area contributed by atoms with Crippen LogP contribution < -0.4 is 0 Å². The lowest BCUT2D eigenvalue weighted by atomic mass is 9.62. The van der Waals surface area contributed by atoms with Gasteiger partial charge >= 0.3 is 0 Å². The van der Waals surface area contributed by atoms with Crippen LogP contribution in [0.3, 0.4) is 0 Å². The molecule has 1 heteroatoms. The second-order valence-electron chi connectivity index (χ2n) is 5.54. The summed E-state index contributed by atoms with van der Waals surface area (Å²) in [5.74, 6) is 1.80. The molecule has 2 atom stereocenters. The maximum atomic E-state index is 5.81. The molecule has 15 heavy (non-hydrogen) atoms. The Hall–Kier alpha value is -0.0400. The molecule has 0 aromatic rings. The standard InChI is InChI=1S/C14H26O/c1-3-12-10-15-11-14(12,4-2)13-8-6-5-7-9-13/h12-13H,3-11H2,1-2H3. The molecule has 1 nitrogen and oxygen atoms in total. The van der Waals surface area contributed by atoms with Gasteiger partial charge in [-0.3, -0.25) is 0 Å². The highest BCUT2D eigenvalue weighted by molar-refractivity contribution is 4.95. The van der Waals surface area contributed by atoms with Crippen LogP contribution >= 0.6 is 0 Å². The normalized spacial score (nSPS) is 38.4. The van der Waals surface area contributed by atoms with Crippen LogP contribution in [0, 0.1) is 17.3 Å². The first kappa shape index (κ1) is 11.4. The molecule has 0 bridgehead atoms. The van der Waals surface area contributed by atoms with E-state index in [4.69, 9.17) is 4.74 Å². The summed E-state index contributed by atoms with van der Waals surface area (Å²) in [6, 6.07) is 0. The average molecular weight is 210 g/mol. The fraction of sp³-hybridized carbons (Fsp3) is 1.00. The minimum absolute atomic E-state index is 0.551. The number of ether oxygens (including phenoxy) is 1. The molecule has 2 unspecified atom stereocenters. The van der Waals surface area contributed by atoms with Crippen LogP contribution in [0.4, 0.5) is 0 Å². The van der Waals surface area contributed by atoms with Gasteiger partial charge in [0.25, 0.3) is 0 Å². The molecule has 2 fully saturated rings. The summed E-state index contributed by atoms with van der Waals surface area (Å²) in [4.78, 5) is 0. The maximum absolute atomic E-state index is 5.81. The first-order valence-corrected chi connectivity index (χ1v) is 6.91. The lowest BCUT2D eigenvalue weighted by Crippen LogP contribution is -2.38. The molecule has 0 aromatic heterocycles. The molecular weight excluding hydrogens is 184 g/mol. The summed E-state index contributed by atoms with van der Waals surface area (Å²) in [6.45, 7) is 6.80. The number of hydrogen-bond donors (Lipinski definition) is 0. The molecule has 1 saturated carbocycles. The van der Waals surface area contributed by atoms with Gasteiger partial charge in [-0.05, 0) is 31.1 Å². The molecule has 1 aliphatic carbocycles. The van der Waals surface area contributed by atoms with Gasteiger partial charge in [-0.15, -0.1) is 0 Å². The predicted molar refractivity (Wildman–Crippen MR) is 63.9 cm³/mol. The van der Waals surface area contributed by atoms with E-state index in [1.807, 2.05) is 0 Å². The minimum atomic E-state index is 0.551. The van der Waals surface area contributed by atoms with Crippen molar-refractivity contribution in [3.63, 3.8) is 0 Å². The summed E-state index contributed by atoms with van der Waals surface area (Å²) in [5.41, 5.74) is 0.551. The molecular formula is C14H26O. The van der Waals surface area contributed by atoms with Gasteiger partial charge < -0.3 is 4.74 Å². The molecule has 2 rings (SSSR count). The van der Waals surface area contributed by atoms with Gasteiger partial charge in [0.1, 0.15) is 0 Å². The molecule has 88 valence electrons. The third-order valence-corrected chi connectivity index (χ3v) is 5.07. The Morgan fingerprint density at radius 3 is 2.47 bits per heavy atom. The van der Waals surface area contributed by atoms with Crippen LogP contribution in [-0.4, -0.2) is 13.2 Å². The zero-order valence-electron chi connectivity index (χ0n) is 10.4. The summed E-state index contributed by atoms with van der Waals surface area (Å²) < 4.78 is 5.81. The van der Waals surface area contributed by atoms with Crippen LogP contribution in [0.1, 0.15) is 58.8 Å². The smallest absolute Gasteiger partial charge is 0.0528 e. The van der Waals surface area contributed by atoms with E-state index in [1.165, 1.54) is 44.9 Å². The molecule has 1 saturated heterocycles. The van der Waals surface area contributed by atoms with Crippen LogP contribution in [0.15, 0.2) is 0 Å². The van der Waals surface area contributed by atoms with E-state index in [1.54, 1.807) is 0 Å². The van der Waals surface area contributed by atoms with Crippen molar-refractivity contribution in [1.29, 1.82) is 0 Å². The van der Waals surface area contributed by atoms with E-state index in [0.29, 0.717) is 5.41 Å². The molecule has 0 spiro atoms. The van der Waals surface area contributed by atoms with E-state index in [-0.39, 0.29) is 0 Å². The zero-order valence-corrected chi connectivity index (χ0v) is 10.4. The Morgan fingerprint density at radius 2 is 1.87 bits per heavy atom. The van der Waals surface area contributed by atoms with Crippen molar-refractivity contribution >= 4 is 0 Å². The van der Waals surface area contributed by atoms with Crippen molar-refractivity contribution in [3.05, 3.63) is 0 Å². The van der Waals surface area contributed by atoms with Gasteiger partial charge in [-0.25, -0.2) is 0 Å². The van der Waals surface area contributed by atoms with Gasteiger partial charge in [0, 0.05) is 5.41 Å². The van der Waals surface area contributed by atoms with Crippen LogP contribution in [-0.2, 0) is 4.74 Å². The molecule has 0 aromatic carbocycles. The Morgan fingerprint density at radius 1 is 1.13 bits per heavy atom. The van der Waals surface area contributed by atoms with E-state index in [0.717, 1.165) is 25.0 Å². The first-order chi connectivity index (χ1) is 7.33. The van der Waals surface area contributed by atoms with Gasteiger partial charge in [0.2, 0.25) is 0 Å². The molecule has 1 aliphatic heterocycles. The summed E-state index contributed by atoms with van der Waals surface area (Å²) in [6.07, 6.45) is 9.96. The summed E-state index contributed by atoms with van der Waals surface area (Å²) in [7, 11) is 0. The zero-order chi connectivity index (χ0) is 10.7.